The Morgan fingerprint density at radius 2 is 2.21 bits per heavy atom. The molecule has 0 amide bonds. The lowest BCUT2D eigenvalue weighted by atomic mass is 10.3. The molecule has 0 unspecified atom stereocenters. The van der Waals surface area contributed by atoms with E-state index in [9.17, 15) is 8.42 Å². The van der Waals surface area contributed by atoms with Crippen LogP contribution in [-0.4, -0.2) is 22.5 Å². The Morgan fingerprint density at radius 1 is 1.50 bits per heavy atom. The molecule has 0 aliphatic carbocycles. The predicted molar refractivity (Wildman–Crippen MR) is 49.4 cm³/mol. The van der Waals surface area contributed by atoms with Gasteiger partial charge < -0.3 is 4.57 Å². The van der Waals surface area contributed by atoms with Gasteiger partial charge in [0.2, 0.25) is 0 Å². The third kappa shape index (κ3) is 1.38. The number of benzene rings is 1. The van der Waals surface area contributed by atoms with Crippen molar-refractivity contribution in [2.75, 3.05) is 0 Å². The van der Waals surface area contributed by atoms with E-state index < -0.39 is 10.1 Å². The van der Waals surface area contributed by atoms with Gasteiger partial charge in [-0.25, -0.2) is 4.98 Å². The number of aryl methyl sites for hydroxylation is 1. The number of fused-ring (bicyclic) bond motifs is 1. The first-order valence-corrected chi connectivity index (χ1v) is 5.24. The minimum atomic E-state index is -4.15. The molecule has 0 saturated heterocycles. The average Bonchev–Trinajstić information content (AvgIpc) is 2.46. The number of aromatic nitrogens is 2. The van der Waals surface area contributed by atoms with Crippen molar-refractivity contribution in [1.29, 1.82) is 0 Å². The zero-order valence-electron chi connectivity index (χ0n) is 7.30. The van der Waals surface area contributed by atoms with E-state index in [0.29, 0.717) is 5.52 Å². The van der Waals surface area contributed by atoms with Crippen LogP contribution >= 0.6 is 0 Å². The lowest BCUT2D eigenvalue weighted by molar-refractivity contribution is 0.483. The van der Waals surface area contributed by atoms with Gasteiger partial charge in [-0.1, -0.05) is 0 Å². The van der Waals surface area contributed by atoms with Crippen molar-refractivity contribution >= 4 is 21.2 Å². The summed E-state index contributed by atoms with van der Waals surface area (Å²) in [6, 6.07) is 4.20. The van der Waals surface area contributed by atoms with Gasteiger partial charge in [-0.15, -0.1) is 0 Å². The molecule has 2 rings (SSSR count). The van der Waals surface area contributed by atoms with E-state index in [1.54, 1.807) is 17.7 Å². The SMILES string of the molecule is Cn1[c]nc2cc(S(=O)(=O)O)ccc21. The van der Waals surface area contributed by atoms with Crippen LogP contribution in [0.15, 0.2) is 23.1 Å². The van der Waals surface area contributed by atoms with Crippen LogP contribution in [0.5, 0.6) is 0 Å². The van der Waals surface area contributed by atoms with Crippen LogP contribution in [0.1, 0.15) is 0 Å². The molecule has 0 saturated carbocycles. The highest BCUT2D eigenvalue weighted by atomic mass is 32.2. The maximum atomic E-state index is 10.8. The van der Waals surface area contributed by atoms with Gasteiger partial charge >= 0.3 is 0 Å². The Labute approximate surface area is 80.7 Å². The van der Waals surface area contributed by atoms with Crippen LogP contribution in [-0.2, 0) is 17.2 Å². The topological polar surface area (TPSA) is 72.2 Å². The predicted octanol–water partition coefficient (Wildman–Crippen LogP) is 0.620. The second kappa shape index (κ2) is 2.79. The van der Waals surface area contributed by atoms with Crippen molar-refractivity contribution in [1.82, 2.24) is 9.55 Å². The fourth-order valence-corrected chi connectivity index (χ4v) is 1.72. The molecule has 1 heterocycles. The van der Waals surface area contributed by atoms with E-state index in [2.05, 4.69) is 11.3 Å². The Kier molecular flexibility index (Phi) is 1.83. The first kappa shape index (κ1) is 9.17. The van der Waals surface area contributed by atoms with E-state index >= 15 is 0 Å². The van der Waals surface area contributed by atoms with Crippen LogP contribution < -0.4 is 0 Å². The Bertz CT molecular complexity index is 586. The summed E-state index contributed by atoms with van der Waals surface area (Å²) in [5.41, 5.74) is 1.25. The fourth-order valence-electron chi connectivity index (χ4n) is 1.22. The Hall–Kier alpha value is -1.40. The highest BCUT2D eigenvalue weighted by Crippen LogP contribution is 2.16. The monoisotopic (exact) mass is 211 g/mol. The Morgan fingerprint density at radius 3 is 2.86 bits per heavy atom. The van der Waals surface area contributed by atoms with E-state index in [1.165, 1.54) is 12.1 Å². The number of hydrogen-bond donors (Lipinski definition) is 1. The standard InChI is InChI=1S/C8H7N2O3S/c1-10-5-9-7-4-6(14(11,12)13)2-3-8(7)10/h2-4H,1H3,(H,11,12,13). The van der Waals surface area contributed by atoms with Crippen LogP contribution in [0.4, 0.5) is 0 Å². The molecule has 2 aromatic rings. The highest BCUT2D eigenvalue weighted by molar-refractivity contribution is 7.85. The summed E-state index contributed by atoms with van der Waals surface area (Å²) in [4.78, 5) is 3.70. The molecule has 1 aromatic carbocycles. The summed E-state index contributed by atoms with van der Waals surface area (Å²) >= 11 is 0. The average molecular weight is 211 g/mol. The van der Waals surface area contributed by atoms with Crippen LogP contribution in [0.2, 0.25) is 0 Å². The van der Waals surface area contributed by atoms with Crippen molar-refractivity contribution in [3.05, 3.63) is 24.5 Å². The first-order valence-electron chi connectivity index (χ1n) is 3.80. The number of nitrogens with zero attached hydrogens (tertiary/aromatic N) is 2. The second-order valence-corrected chi connectivity index (χ2v) is 4.32. The van der Waals surface area contributed by atoms with Crippen LogP contribution in [0.25, 0.3) is 11.0 Å². The number of rotatable bonds is 1. The molecule has 1 aromatic heterocycles. The molecule has 0 aliphatic heterocycles. The van der Waals surface area contributed by atoms with Gasteiger partial charge in [0.25, 0.3) is 10.1 Å². The van der Waals surface area contributed by atoms with Gasteiger partial charge in [-0.05, 0) is 18.2 Å². The van der Waals surface area contributed by atoms with Gasteiger partial charge in [0.15, 0.2) is 6.33 Å². The summed E-state index contributed by atoms with van der Waals surface area (Å²) in [5, 5.41) is 0. The van der Waals surface area contributed by atoms with Crippen molar-refractivity contribution in [2.24, 2.45) is 7.05 Å². The second-order valence-electron chi connectivity index (χ2n) is 2.90. The molecule has 0 aliphatic rings. The summed E-state index contributed by atoms with van der Waals surface area (Å²) in [6.07, 6.45) is 2.65. The maximum Gasteiger partial charge on any atom is 0.294 e. The molecule has 0 atom stereocenters. The molecule has 73 valence electrons. The van der Waals surface area contributed by atoms with Gasteiger partial charge in [-0.2, -0.15) is 8.42 Å². The van der Waals surface area contributed by atoms with E-state index in [1.807, 2.05) is 0 Å². The maximum absolute atomic E-state index is 10.8. The highest BCUT2D eigenvalue weighted by Gasteiger charge is 2.11. The van der Waals surface area contributed by atoms with E-state index in [4.69, 9.17) is 4.55 Å². The molecular formula is C8H7N2O3S. The lowest BCUT2D eigenvalue weighted by Crippen LogP contribution is -1.97. The summed E-state index contributed by atoms with van der Waals surface area (Å²) < 4.78 is 32.0. The summed E-state index contributed by atoms with van der Waals surface area (Å²) in [5.74, 6) is 0. The summed E-state index contributed by atoms with van der Waals surface area (Å²) in [6.45, 7) is 0. The zero-order chi connectivity index (χ0) is 10.3. The molecule has 14 heavy (non-hydrogen) atoms. The zero-order valence-corrected chi connectivity index (χ0v) is 8.11. The number of hydrogen-bond acceptors (Lipinski definition) is 3. The third-order valence-corrected chi connectivity index (χ3v) is 2.78. The molecule has 0 fully saturated rings. The normalized spacial score (nSPS) is 12.1. The van der Waals surface area contributed by atoms with Crippen LogP contribution in [0, 0.1) is 6.33 Å². The first-order chi connectivity index (χ1) is 6.48. The molecule has 1 radical (unpaired) electrons. The fraction of sp³-hybridized carbons (Fsp3) is 0.125. The lowest BCUT2D eigenvalue weighted by Gasteiger charge is -1.97. The molecule has 1 N–H and O–H groups in total. The molecule has 5 nitrogen and oxygen atoms in total. The van der Waals surface area contributed by atoms with E-state index in [-0.39, 0.29) is 4.90 Å². The van der Waals surface area contributed by atoms with Crippen molar-refractivity contribution in [2.45, 2.75) is 4.90 Å². The molecule has 0 bridgehead atoms. The molecule has 6 heteroatoms. The third-order valence-electron chi connectivity index (χ3n) is 1.93. The Balaban J connectivity index is 2.76. The van der Waals surface area contributed by atoms with Gasteiger partial charge in [0.1, 0.15) is 0 Å². The van der Waals surface area contributed by atoms with Crippen molar-refractivity contribution in [3.63, 3.8) is 0 Å². The van der Waals surface area contributed by atoms with Gasteiger partial charge in [-0.3, -0.25) is 4.55 Å². The van der Waals surface area contributed by atoms with Gasteiger partial charge in [0.05, 0.1) is 15.9 Å². The van der Waals surface area contributed by atoms with E-state index in [0.717, 1.165) is 5.52 Å². The minimum absolute atomic E-state index is 0.155. The smallest absolute Gasteiger partial charge is 0.294 e. The summed E-state index contributed by atoms with van der Waals surface area (Å²) in [7, 11) is -2.40. The quantitative estimate of drug-likeness (QED) is 0.702. The molecule has 0 spiro atoms. The van der Waals surface area contributed by atoms with Crippen LogP contribution in [0.3, 0.4) is 0 Å². The largest absolute Gasteiger partial charge is 0.324 e. The van der Waals surface area contributed by atoms with Crippen molar-refractivity contribution < 1.29 is 13.0 Å². The minimum Gasteiger partial charge on any atom is -0.324 e. The van der Waals surface area contributed by atoms with Crippen molar-refractivity contribution in [3.8, 4) is 0 Å². The van der Waals surface area contributed by atoms with Gasteiger partial charge in [0, 0.05) is 7.05 Å². The molecular weight excluding hydrogens is 204 g/mol. The number of imidazole rings is 1.